The van der Waals surface area contributed by atoms with Gasteiger partial charge in [0, 0.05) is 0 Å². The molecule has 2 rings (SSSR count). The fourth-order valence-electron chi connectivity index (χ4n) is 1.68. The summed E-state index contributed by atoms with van der Waals surface area (Å²) in [7, 11) is -4.43. The summed E-state index contributed by atoms with van der Waals surface area (Å²) in [5, 5.41) is 0. The summed E-state index contributed by atoms with van der Waals surface area (Å²) in [6.45, 7) is -0.00357. The zero-order chi connectivity index (χ0) is 17.7. The molecule has 6 N–H and O–H groups in total. The lowest BCUT2D eigenvalue weighted by atomic mass is 10.5. The number of hydroxylamine groups is 1. The number of carbonyl (C=O) groups is 1. The molecule has 0 fully saturated rings. The molecule has 24 heavy (non-hydrogen) atoms. The van der Waals surface area contributed by atoms with E-state index in [0.717, 1.165) is 0 Å². The molecule has 2 aromatic rings. The van der Waals surface area contributed by atoms with Gasteiger partial charge in [0.15, 0.2) is 11.2 Å². The Morgan fingerprint density at radius 2 is 2.21 bits per heavy atom. The van der Waals surface area contributed by atoms with Crippen LogP contribution in [0.3, 0.4) is 0 Å². The topological polar surface area (TPSA) is 195 Å². The van der Waals surface area contributed by atoms with Gasteiger partial charge in [-0.2, -0.15) is 4.98 Å². The predicted octanol–water partition coefficient (Wildman–Crippen LogP) is -2.10. The van der Waals surface area contributed by atoms with Gasteiger partial charge in [0.2, 0.25) is 5.95 Å². The highest BCUT2D eigenvalue weighted by Crippen LogP contribution is 2.33. The Bertz CT molecular complexity index is 827. The van der Waals surface area contributed by atoms with Crippen molar-refractivity contribution in [3.8, 4) is 0 Å². The molecular formula is C10H15N6O7P. The number of carbonyl (C=O) groups excluding carboxylic acids is 1. The normalized spacial score (nSPS) is 11.8. The molecule has 0 aliphatic heterocycles. The highest BCUT2D eigenvalue weighted by Gasteiger charge is 2.18. The van der Waals surface area contributed by atoms with Crippen LogP contribution in [0.25, 0.3) is 11.2 Å². The first kappa shape index (κ1) is 18.0. The Morgan fingerprint density at radius 3 is 2.92 bits per heavy atom. The maximum atomic E-state index is 11.6. The summed E-state index contributed by atoms with van der Waals surface area (Å²) in [6.07, 6.45) is 0.394. The van der Waals surface area contributed by atoms with Crippen molar-refractivity contribution in [3.05, 3.63) is 16.7 Å². The molecule has 1 amide bonds. The monoisotopic (exact) mass is 362 g/mol. The van der Waals surface area contributed by atoms with Gasteiger partial charge in [0.05, 0.1) is 19.5 Å². The van der Waals surface area contributed by atoms with Gasteiger partial charge >= 0.3 is 7.60 Å². The smallest absolute Gasteiger partial charge is 0.334 e. The molecule has 2 heterocycles. The van der Waals surface area contributed by atoms with Crippen LogP contribution in [0.5, 0.6) is 0 Å². The second kappa shape index (κ2) is 7.51. The largest absolute Gasteiger partial charge is 0.369 e. The number of hydrogen-bond donors (Lipinski definition) is 5. The first-order chi connectivity index (χ1) is 11.3. The van der Waals surface area contributed by atoms with Crippen molar-refractivity contribution in [3.63, 3.8) is 0 Å². The van der Waals surface area contributed by atoms with Gasteiger partial charge in [-0.25, -0.2) is 10.5 Å². The van der Waals surface area contributed by atoms with Crippen LogP contribution in [0.2, 0.25) is 0 Å². The SMILES string of the molecule is Nc1nc2c(ncn2COCCONC(=O)CP(=O)(O)O)c(=O)[nH]1. The van der Waals surface area contributed by atoms with E-state index in [1.807, 2.05) is 5.48 Å². The number of aromatic nitrogens is 4. The van der Waals surface area contributed by atoms with E-state index in [2.05, 4.69) is 15.0 Å². The van der Waals surface area contributed by atoms with Gasteiger partial charge in [-0.05, 0) is 0 Å². The molecule has 0 unspecified atom stereocenters. The van der Waals surface area contributed by atoms with Crippen molar-refractivity contribution >= 4 is 30.6 Å². The highest BCUT2D eigenvalue weighted by atomic mass is 31.2. The molecular weight excluding hydrogens is 347 g/mol. The molecule has 0 saturated heterocycles. The van der Waals surface area contributed by atoms with E-state index < -0.39 is 25.2 Å². The van der Waals surface area contributed by atoms with E-state index in [-0.39, 0.29) is 37.1 Å². The lowest BCUT2D eigenvalue weighted by molar-refractivity contribution is -0.132. The van der Waals surface area contributed by atoms with Crippen molar-refractivity contribution in [1.82, 2.24) is 25.0 Å². The minimum atomic E-state index is -4.43. The average Bonchev–Trinajstić information content (AvgIpc) is 2.84. The number of ether oxygens (including phenoxy) is 1. The number of amides is 1. The Kier molecular flexibility index (Phi) is 5.64. The summed E-state index contributed by atoms with van der Waals surface area (Å²) in [6, 6.07) is 0. The zero-order valence-corrected chi connectivity index (χ0v) is 13.1. The van der Waals surface area contributed by atoms with E-state index in [9.17, 15) is 14.2 Å². The third-order valence-corrected chi connectivity index (χ3v) is 3.29. The van der Waals surface area contributed by atoms with E-state index in [1.54, 1.807) is 0 Å². The highest BCUT2D eigenvalue weighted by molar-refractivity contribution is 7.52. The maximum Gasteiger partial charge on any atom is 0.334 e. The van der Waals surface area contributed by atoms with Crippen molar-refractivity contribution in [2.45, 2.75) is 6.73 Å². The van der Waals surface area contributed by atoms with Crippen LogP contribution < -0.4 is 16.8 Å². The first-order valence-corrected chi connectivity index (χ1v) is 8.29. The maximum absolute atomic E-state index is 11.6. The minimum Gasteiger partial charge on any atom is -0.369 e. The number of anilines is 1. The molecule has 0 atom stereocenters. The molecule has 0 aliphatic carbocycles. The summed E-state index contributed by atoms with van der Waals surface area (Å²) in [4.78, 5) is 54.7. The van der Waals surface area contributed by atoms with Gasteiger partial charge in [-0.1, -0.05) is 0 Å². The van der Waals surface area contributed by atoms with Crippen LogP contribution in [0.15, 0.2) is 11.1 Å². The first-order valence-electron chi connectivity index (χ1n) is 6.50. The molecule has 132 valence electrons. The number of H-pyrrole nitrogens is 1. The number of nitrogens with zero attached hydrogens (tertiary/aromatic N) is 3. The molecule has 0 spiro atoms. The summed E-state index contributed by atoms with van der Waals surface area (Å²) in [5.41, 5.74) is 7.24. The van der Waals surface area contributed by atoms with Crippen LogP contribution in [0, 0.1) is 0 Å². The quantitative estimate of drug-likeness (QED) is 0.197. The van der Waals surface area contributed by atoms with Gasteiger partial charge in [-0.3, -0.25) is 28.5 Å². The fourth-order valence-corrected chi connectivity index (χ4v) is 2.12. The third kappa shape index (κ3) is 5.11. The molecule has 14 heteroatoms. The van der Waals surface area contributed by atoms with Crippen LogP contribution in [0.1, 0.15) is 0 Å². The average molecular weight is 362 g/mol. The standard InChI is InChI=1S/C10H15N6O7P/c11-10-13-8-7(9(18)14-10)12-4-16(8)5-22-1-2-23-15-6(17)3-24(19,20)21/h4H,1-3,5H2,(H,15,17)(H2,19,20,21)(H3,11,13,14,18). The van der Waals surface area contributed by atoms with Gasteiger partial charge in [0.25, 0.3) is 11.5 Å². The van der Waals surface area contributed by atoms with Gasteiger partial charge in [-0.15, -0.1) is 0 Å². The van der Waals surface area contributed by atoms with Crippen molar-refractivity contribution < 1.29 is 28.7 Å². The molecule has 0 aromatic carbocycles. The molecule has 2 aromatic heterocycles. The number of aromatic amines is 1. The number of hydrogen-bond acceptors (Lipinski definition) is 8. The van der Waals surface area contributed by atoms with Crippen molar-refractivity contribution in [1.29, 1.82) is 0 Å². The second-order valence-corrected chi connectivity index (χ2v) is 6.22. The van der Waals surface area contributed by atoms with E-state index in [4.69, 9.17) is 25.1 Å². The van der Waals surface area contributed by atoms with Crippen LogP contribution in [0.4, 0.5) is 5.95 Å². The lowest BCUT2D eigenvalue weighted by Crippen LogP contribution is -2.28. The number of nitrogens with two attached hydrogens (primary N) is 1. The zero-order valence-electron chi connectivity index (χ0n) is 12.2. The molecule has 0 saturated carbocycles. The van der Waals surface area contributed by atoms with Crippen LogP contribution >= 0.6 is 7.60 Å². The Hall–Kier alpha value is -2.31. The van der Waals surface area contributed by atoms with E-state index in [0.29, 0.717) is 0 Å². The number of nitrogen functional groups attached to an aromatic ring is 1. The number of nitrogens with one attached hydrogen (secondary N) is 2. The lowest BCUT2D eigenvalue weighted by Gasteiger charge is -2.08. The predicted molar refractivity (Wildman–Crippen MR) is 79.5 cm³/mol. The molecule has 0 radical (unpaired) electrons. The van der Waals surface area contributed by atoms with E-state index in [1.165, 1.54) is 10.9 Å². The number of rotatable bonds is 8. The Labute approximate surface area is 133 Å². The van der Waals surface area contributed by atoms with E-state index >= 15 is 0 Å². The summed E-state index contributed by atoms with van der Waals surface area (Å²) < 4.78 is 17.3. The summed E-state index contributed by atoms with van der Waals surface area (Å²) in [5.74, 6) is -0.992. The molecule has 0 bridgehead atoms. The second-order valence-electron chi connectivity index (χ2n) is 4.57. The van der Waals surface area contributed by atoms with Crippen LogP contribution in [-0.4, -0.2) is 54.6 Å². The Balaban J connectivity index is 1.75. The number of imidazole rings is 1. The van der Waals surface area contributed by atoms with Crippen LogP contribution in [-0.2, 0) is 25.7 Å². The van der Waals surface area contributed by atoms with Gasteiger partial charge in [0.1, 0.15) is 12.9 Å². The molecule has 0 aliphatic rings. The molecule has 13 nitrogen and oxygen atoms in total. The summed E-state index contributed by atoms with van der Waals surface area (Å²) >= 11 is 0. The van der Waals surface area contributed by atoms with Crippen molar-refractivity contribution in [2.75, 3.05) is 25.1 Å². The van der Waals surface area contributed by atoms with Crippen molar-refractivity contribution in [2.24, 2.45) is 0 Å². The van der Waals surface area contributed by atoms with Gasteiger partial charge < -0.3 is 20.3 Å². The minimum absolute atomic E-state index is 0.00613. The number of fused-ring (bicyclic) bond motifs is 1. The third-order valence-electron chi connectivity index (χ3n) is 2.59. The fraction of sp³-hybridized carbons (Fsp3) is 0.400. The Morgan fingerprint density at radius 1 is 1.46 bits per heavy atom.